The number of nitrogens with zero attached hydrogens (tertiary/aromatic N) is 2. The van der Waals surface area contributed by atoms with Crippen molar-refractivity contribution in [3.8, 4) is 0 Å². The minimum Gasteiger partial charge on any atom is -0.367 e. The van der Waals surface area contributed by atoms with Crippen molar-refractivity contribution in [1.82, 2.24) is 4.98 Å². The van der Waals surface area contributed by atoms with Crippen molar-refractivity contribution in [2.75, 3.05) is 23.3 Å². The lowest BCUT2D eigenvalue weighted by Crippen LogP contribution is -2.32. The standard InChI is InChI=1S/C18H29N3/c1-18(2,3)14-12-16(19-15-8-7-9-15)20-17(13-14)21-10-5-4-6-11-21/h12-13,15H,4-11H2,1-3H3,(H,19,20). The second kappa shape index (κ2) is 5.86. The van der Waals surface area contributed by atoms with Gasteiger partial charge in [0, 0.05) is 19.1 Å². The summed E-state index contributed by atoms with van der Waals surface area (Å²) in [5, 5.41) is 3.63. The zero-order valence-corrected chi connectivity index (χ0v) is 13.8. The second-order valence-corrected chi connectivity index (χ2v) is 7.67. The molecule has 3 rings (SSSR count). The molecule has 21 heavy (non-hydrogen) atoms. The number of hydrogen-bond donors (Lipinski definition) is 1. The molecule has 1 N–H and O–H groups in total. The molecule has 1 aromatic rings. The van der Waals surface area contributed by atoms with Crippen LogP contribution in [0.3, 0.4) is 0 Å². The lowest BCUT2D eigenvalue weighted by atomic mass is 9.87. The van der Waals surface area contributed by atoms with Crippen LogP contribution in [-0.2, 0) is 5.41 Å². The Bertz CT molecular complexity index is 480. The Morgan fingerprint density at radius 2 is 1.76 bits per heavy atom. The minimum absolute atomic E-state index is 0.170. The third-order valence-electron chi connectivity index (χ3n) is 4.82. The van der Waals surface area contributed by atoms with Gasteiger partial charge in [-0.15, -0.1) is 0 Å². The summed E-state index contributed by atoms with van der Waals surface area (Å²) in [5.74, 6) is 2.25. The number of rotatable bonds is 3. The zero-order valence-electron chi connectivity index (χ0n) is 13.8. The van der Waals surface area contributed by atoms with E-state index >= 15 is 0 Å². The van der Waals surface area contributed by atoms with Gasteiger partial charge in [-0.3, -0.25) is 0 Å². The molecule has 3 nitrogen and oxygen atoms in total. The molecule has 2 heterocycles. The maximum Gasteiger partial charge on any atom is 0.131 e. The van der Waals surface area contributed by atoms with Gasteiger partial charge in [-0.05, 0) is 61.6 Å². The summed E-state index contributed by atoms with van der Waals surface area (Å²) < 4.78 is 0. The Morgan fingerprint density at radius 1 is 1.05 bits per heavy atom. The molecule has 0 spiro atoms. The molecule has 0 aromatic carbocycles. The summed E-state index contributed by atoms with van der Waals surface area (Å²) in [7, 11) is 0. The van der Waals surface area contributed by atoms with E-state index in [0.717, 1.165) is 18.9 Å². The third kappa shape index (κ3) is 3.50. The molecule has 0 bridgehead atoms. The van der Waals surface area contributed by atoms with Crippen LogP contribution >= 0.6 is 0 Å². The molecular formula is C18H29N3. The summed E-state index contributed by atoms with van der Waals surface area (Å²) in [5.41, 5.74) is 1.56. The first kappa shape index (κ1) is 14.7. The lowest BCUT2D eigenvalue weighted by molar-refractivity contribution is 0.444. The highest BCUT2D eigenvalue weighted by Crippen LogP contribution is 2.31. The van der Waals surface area contributed by atoms with Crippen LogP contribution in [0.15, 0.2) is 12.1 Å². The summed E-state index contributed by atoms with van der Waals surface area (Å²) in [6, 6.07) is 5.20. The fourth-order valence-electron chi connectivity index (χ4n) is 3.07. The molecule has 2 fully saturated rings. The number of pyridine rings is 1. The highest BCUT2D eigenvalue weighted by Gasteiger charge is 2.22. The molecule has 3 heteroatoms. The van der Waals surface area contributed by atoms with Crippen LogP contribution in [0.4, 0.5) is 11.6 Å². The van der Waals surface area contributed by atoms with Gasteiger partial charge in [-0.1, -0.05) is 20.8 Å². The van der Waals surface area contributed by atoms with Crippen LogP contribution in [0.25, 0.3) is 0 Å². The molecule has 2 aliphatic rings. The Kier molecular flexibility index (Phi) is 4.10. The van der Waals surface area contributed by atoms with Crippen molar-refractivity contribution >= 4 is 11.6 Å². The number of nitrogens with one attached hydrogen (secondary N) is 1. The SMILES string of the molecule is CC(C)(C)c1cc(NC2CCC2)nc(N2CCCCC2)c1. The van der Waals surface area contributed by atoms with Crippen molar-refractivity contribution in [2.24, 2.45) is 0 Å². The van der Waals surface area contributed by atoms with Gasteiger partial charge in [0.15, 0.2) is 0 Å². The number of aromatic nitrogens is 1. The molecule has 1 saturated carbocycles. The Morgan fingerprint density at radius 3 is 2.33 bits per heavy atom. The number of anilines is 2. The second-order valence-electron chi connectivity index (χ2n) is 7.67. The molecule has 1 aliphatic carbocycles. The van der Waals surface area contributed by atoms with Gasteiger partial charge in [0.2, 0.25) is 0 Å². The largest absolute Gasteiger partial charge is 0.367 e. The van der Waals surface area contributed by atoms with E-state index in [2.05, 4.69) is 43.1 Å². The highest BCUT2D eigenvalue weighted by molar-refractivity contribution is 5.53. The predicted octanol–water partition coefficient (Wildman–Crippen LogP) is 4.33. The van der Waals surface area contributed by atoms with E-state index in [1.54, 1.807) is 0 Å². The quantitative estimate of drug-likeness (QED) is 0.896. The van der Waals surface area contributed by atoms with Gasteiger partial charge < -0.3 is 10.2 Å². The molecule has 1 aromatic heterocycles. The monoisotopic (exact) mass is 287 g/mol. The van der Waals surface area contributed by atoms with Crippen molar-refractivity contribution in [3.63, 3.8) is 0 Å². The van der Waals surface area contributed by atoms with Crippen LogP contribution in [-0.4, -0.2) is 24.1 Å². The van der Waals surface area contributed by atoms with Crippen LogP contribution in [0.1, 0.15) is 64.9 Å². The molecule has 0 radical (unpaired) electrons. The van der Waals surface area contributed by atoms with Gasteiger partial charge in [-0.2, -0.15) is 0 Å². The van der Waals surface area contributed by atoms with Crippen LogP contribution in [0.2, 0.25) is 0 Å². The smallest absolute Gasteiger partial charge is 0.131 e. The number of hydrogen-bond acceptors (Lipinski definition) is 3. The van der Waals surface area contributed by atoms with Gasteiger partial charge >= 0.3 is 0 Å². The first-order valence-electron chi connectivity index (χ1n) is 8.56. The molecule has 0 atom stereocenters. The lowest BCUT2D eigenvalue weighted by Gasteiger charge is -2.32. The van der Waals surface area contributed by atoms with Gasteiger partial charge in [0.25, 0.3) is 0 Å². The summed E-state index contributed by atoms with van der Waals surface area (Å²) in [6.07, 6.45) is 7.90. The van der Waals surface area contributed by atoms with Gasteiger partial charge in [0.05, 0.1) is 0 Å². The fourth-order valence-corrected chi connectivity index (χ4v) is 3.07. The van der Waals surface area contributed by atoms with E-state index in [1.165, 1.54) is 49.9 Å². The Balaban J connectivity index is 1.87. The topological polar surface area (TPSA) is 28.2 Å². The van der Waals surface area contributed by atoms with Crippen LogP contribution in [0.5, 0.6) is 0 Å². The van der Waals surface area contributed by atoms with Crippen LogP contribution < -0.4 is 10.2 Å². The van der Waals surface area contributed by atoms with E-state index in [0.29, 0.717) is 6.04 Å². The fraction of sp³-hybridized carbons (Fsp3) is 0.722. The first-order valence-corrected chi connectivity index (χ1v) is 8.56. The molecule has 1 aliphatic heterocycles. The molecular weight excluding hydrogens is 258 g/mol. The third-order valence-corrected chi connectivity index (χ3v) is 4.82. The molecule has 0 unspecified atom stereocenters. The van der Waals surface area contributed by atoms with Crippen LogP contribution in [0, 0.1) is 0 Å². The van der Waals surface area contributed by atoms with E-state index < -0.39 is 0 Å². The average Bonchev–Trinajstić information content (AvgIpc) is 2.43. The number of piperidine rings is 1. The Hall–Kier alpha value is -1.25. The molecule has 1 saturated heterocycles. The van der Waals surface area contributed by atoms with Gasteiger partial charge in [0.1, 0.15) is 11.6 Å². The normalized spacial score (nSPS) is 20.2. The molecule has 0 amide bonds. The van der Waals surface area contributed by atoms with Crippen molar-refractivity contribution < 1.29 is 0 Å². The maximum atomic E-state index is 4.91. The minimum atomic E-state index is 0.170. The summed E-state index contributed by atoms with van der Waals surface area (Å²) in [6.45, 7) is 9.17. The van der Waals surface area contributed by atoms with E-state index in [9.17, 15) is 0 Å². The van der Waals surface area contributed by atoms with Gasteiger partial charge in [-0.25, -0.2) is 4.98 Å². The Labute approximate surface area is 129 Å². The van der Waals surface area contributed by atoms with Crippen molar-refractivity contribution in [1.29, 1.82) is 0 Å². The van der Waals surface area contributed by atoms with Crippen molar-refractivity contribution in [2.45, 2.75) is 70.8 Å². The summed E-state index contributed by atoms with van der Waals surface area (Å²) in [4.78, 5) is 7.37. The summed E-state index contributed by atoms with van der Waals surface area (Å²) >= 11 is 0. The van der Waals surface area contributed by atoms with E-state index in [4.69, 9.17) is 4.98 Å². The first-order chi connectivity index (χ1) is 10.0. The zero-order chi connectivity index (χ0) is 14.9. The van der Waals surface area contributed by atoms with E-state index in [1.807, 2.05) is 0 Å². The van der Waals surface area contributed by atoms with E-state index in [-0.39, 0.29) is 5.41 Å². The highest BCUT2D eigenvalue weighted by atomic mass is 15.2. The molecule has 116 valence electrons. The average molecular weight is 287 g/mol. The predicted molar refractivity (Wildman–Crippen MR) is 90.3 cm³/mol. The maximum absolute atomic E-state index is 4.91. The van der Waals surface area contributed by atoms with Crippen molar-refractivity contribution in [3.05, 3.63) is 17.7 Å².